The monoisotopic (exact) mass is 344 g/mol. The van der Waals surface area contributed by atoms with Crippen molar-refractivity contribution in [3.05, 3.63) is 0 Å². The summed E-state index contributed by atoms with van der Waals surface area (Å²) in [5.41, 5.74) is 0. The summed E-state index contributed by atoms with van der Waals surface area (Å²) in [5.74, 6) is -2.28. The van der Waals surface area contributed by atoms with E-state index in [2.05, 4.69) is 0 Å². The van der Waals surface area contributed by atoms with Crippen LogP contribution in [0.15, 0.2) is 0 Å². The van der Waals surface area contributed by atoms with E-state index in [4.69, 9.17) is 10.2 Å². The molecule has 0 radical (unpaired) electrons. The minimum Gasteiger partial charge on any atom is -0.481 e. The van der Waals surface area contributed by atoms with Gasteiger partial charge in [0.25, 0.3) is 0 Å². The van der Waals surface area contributed by atoms with Gasteiger partial charge in [-0.3, -0.25) is 19.2 Å². The second kappa shape index (κ2) is 12.3. The van der Waals surface area contributed by atoms with Crippen molar-refractivity contribution < 1.29 is 29.4 Å². The summed E-state index contributed by atoms with van der Waals surface area (Å²) >= 11 is 0. The minimum absolute atomic E-state index is 0.0229. The maximum atomic E-state index is 11.6. The summed E-state index contributed by atoms with van der Waals surface area (Å²) in [7, 11) is 3.33. The molecular formula is C16H28N2O6. The van der Waals surface area contributed by atoms with Crippen molar-refractivity contribution in [2.45, 2.75) is 51.4 Å². The lowest BCUT2D eigenvalue weighted by Gasteiger charge is -2.18. The third-order valence-electron chi connectivity index (χ3n) is 3.69. The fraction of sp³-hybridized carbons (Fsp3) is 0.750. The Balaban J connectivity index is 3.68. The van der Waals surface area contributed by atoms with Gasteiger partial charge in [-0.2, -0.15) is 0 Å². The molecule has 24 heavy (non-hydrogen) atoms. The number of amides is 2. The zero-order valence-corrected chi connectivity index (χ0v) is 14.5. The summed E-state index contributed by atoms with van der Waals surface area (Å²) in [6.07, 6.45) is 3.22. The molecule has 0 atom stereocenters. The van der Waals surface area contributed by atoms with Gasteiger partial charge in [-0.05, 0) is 12.8 Å². The van der Waals surface area contributed by atoms with Crippen LogP contribution in [0.25, 0.3) is 0 Å². The number of unbranched alkanes of at least 4 members (excludes halogenated alkanes) is 3. The Morgan fingerprint density at radius 2 is 0.958 bits per heavy atom. The van der Waals surface area contributed by atoms with Crippen molar-refractivity contribution in [1.82, 2.24) is 9.80 Å². The van der Waals surface area contributed by atoms with Crippen molar-refractivity contribution in [2.24, 2.45) is 0 Å². The molecule has 0 unspecified atom stereocenters. The van der Waals surface area contributed by atoms with Crippen LogP contribution < -0.4 is 0 Å². The Bertz CT molecular complexity index is 398. The van der Waals surface area contributed by atoms with E-state index in [9.17, 15) is 19.2 Å². The molecule has 0 aromatic carbocycles. The zero-order chi connectivity index (χ0) is 18.5. The van der Waals surface area contributed by atoms with Crippen LogP contribution in [0.5, 0.6) is 0 Å². The quantitative estimate of drug-likeness (QED) is 0.485. The highest BCUT2D eigenvalue weighted by Gasteiger charge is 2.11. The Labute approximate surface area is 142 Å². The lowest BCUT2D eigenvalue weighted by molar-refractivity contribution is -0.140. The van der Waals surface area contributed by atoms with Crippen LogP contribution >= 0.6 is 0 Å². The van der Waals surface area contributed by atoms with E-state index < -0.39 is 11.9 Å². The molecule has 2 N–H and O–H groups in total. The maximum Gasteiger partial charge on any atom is 0.303 e. The van der Waals surface area contributed by atoms with Gasteiger partial charge in [0.15, 0.2) is 0 Å². The summed E-state index contributed by atoms with van der Waals surface area (Å²) in [6, 6.07) is 0. The molecule has 0 spiro atoms. The number of carboxylic acid groups (broad SMARTS) is 2. The molecule has 0 aromatic rings. The molecule has 138 valence electrons. The average molecular weight is 344 g/mol. The number of carbonyl (C=O) groups excluding carboxylic acids is 2. The van der Waals surface area contributed by atoms with E-state index >= 15 is 0 Å². The number of rotatable bonds is 13. The second-order valence-corrected chi connectivity index (χ2v) is 5.83. The largest absolute Gasteiger partial charge is 0.481 e. The van der Waals surface area contributed by atoms with Gasteiger partial charge < -0.3 is 20.0 Å². The predicted molar refractivity (Wildman–Crippen MR) is 87.5 cm³/mol. The van der Waals surface area contributed by atoms with Gasteiger partial charge in [0, 0.05) is 40.0 Å². The first-order valence-corrected chi connectivity index (χ1v) is 8.15. The van der Waals surface area contributed by atoms with Crippen molar-refractivity contribution in [3.8, 4) is 0 Å². The molecule has 8 heteroatoms. The fourth-order valence-electron chi connectivity index (χ4n) is 2.11. The lowest BCUT2D eigenvalue weighted by atomic mass is 10.1. The number of carbonyl (C=O) groups is 4. The van der Waals surface area contributed by atoms with E-state index in [0.717, 1.165) is 25.7 Å². The van der Waals surface area contributed by atoms with Crippen molar-refractivity contribution in [2.75, 3.05) is 27.2 Å². The Morgan fingerprint density at radius 1 is 0.625 bits per heavy atom. The molecular weight excluding hydrogens is 316 g/mol. The Kier molecular flexibility index (Phi) is 11.2. The van der Waals surface area contributed by atoms with Crippen LogP contribution in [0, 0.1) is 0 Å². The summed E-state index contributed by atoms with van der Waals surface area (Å²) in [5, 5.41) is 17.1. The first-order valence-electron chi connectivity index (χ1n) is 8.15. The highest BCUT2D eigenvalue weighted by Crippen LogP contribution is 2.05. The molecule has 0 saturated carbocycles. The van der Waals surface area contributed by atoms with Crippen LogP contribution in [0.2, 0.25) is 0 Å². The lowest BCUT2D eigenvalue weighted by Crippen LogP contribution is -2.28. The van der Waals surface area contributed by atoms with Gasteiger partial charge in [-0.15, -0.1) is 0 Å². The van der Waals surface area contributed by atoms with Gasteiger partial charge in [0.2, 0.25) is 11.8 Å². The minimum atomic E-state index is -0.973. The molecule has 0 aliphatic heterocycles. The first kappa shape index (κ1) is 21.9. The van der Waals surface area contributed by atoms with E-state index in [-0.39, 0.29) is 37.5 Å². The normalized spacial score (nSPS) is 10.2. The van der Waals surface area contributed by atoms with Crippen molar-refractivity contribution in [3.63, 3.8) is 0 Å². The van der Waals surface area contributed by atoms with Gasteiger partial charge in [-0.25, -0.2) is 0 Å². The highest BCUT2D eigenvalue weighted by molar-refractivity contribution is 5.81. The number of hydrogen-bond donors (Lipinski definition) is 2. The third kappa shape index (κ3) is 11.4. The SMILES string of the molecule is CN(CCCCCCN(C)C(=O)CCC(=O)O)C(=O)CCC(=O)O. The van der Waals surface area contributed by atoms with E-state index in [1.165, 1.54) is 0 Å². The van der Waals surface area contributed by atoms with Crippen LogP contribution in [-0.4, -0.2) is 71.0 Å². The molecule has 2 amide bonds. The van der Waals surface area contributed by atoms with Gasteiger partial charge in [-0.1, -0.05) is 12.8 Å². The molecule has 0 fully saturated rings. The second-order valence-electron chi connectivity index (χ2n) is 5.83. The van der Waals surface area contributed by atoms with Gasteiger partial charge >= 0.3 is 11.9 Å². The molecule has 0 saturated heterocycles. The molecule has 0 rings (SSSR count). The third-order valence-corrected chi connectivity index (χ3v) is 3.69. The van der Waals surface area contributed by atoms with E-state index in [1.54, 1.807) is 23.9 Å². The molecule has 0 bridgehead atoms. The Hall–Kier alpha value is -2.12. The van der Waals surface area contributed by atoms with E-state index in [1.807, 2.05) is 0 Å². The van der Waals surface area contributed by atoms with E-state index in [0.29, 0.717) is 13.1 Å². The highest BCUT2D eigenvalue weighted by atomic mass is 16.4. The van der Waals surface area contributed by atoms with Crippen LogP contribution in [0.3, 0.4) is 0 Å². The topological polar surface area (TPSA) is 115 Å². The maximum absolute atomic E-state index is 11.6. The van der Waals surface area contributed by atoms with Crippen LogP contribution in [-0.2, 0) is 19.2 Å². The molecule has 0 heterocycles. The number of hydrogen-bond acceptors (Lipinski definition) is 4. The van der Waals surface area contributed by atoms with Crippen LogP contribution in [0.1, 0.15) is 51.4 Å². The van der Waals surface area contributed by atoms with Crippen molar-refractivity contribution >= 4 is 23.8 Å². The number of aliphatic carboxylic acids is 2. The first-order chi connectivity index (χ1) is 11.2. The average Bonchev–Trinajstić information content (AvgIpc) is 2.52. The molecule has 0 aliphatic rings. The Morgan fingerprint density at radius 3 is 1.25 bits per heavy atom. The summed E-state index contributed by atoms with van der Waals surface area (Å²) in [4.78, 5) is 47.1. The fourth-order valence-corrected chi connectivity index (χ4v) is 2.11. The summed E-state index contributed by atoms with van der Waals surface area (Å²) < 4.78 is 0. The number of nitrogens with zero attached hydrogens (tertiary/aromatic N) is 2. The van der Waals surface area contributed by atoms with Gasteiger partial charge in [0.1, 0.15) is 0 Å². The molecule has 0 aromatic heterocycles. The van der Waals surface area contributed by atoms with Gasteiger partial charge in [0.05, 0.1) is 12.8 Å². The predicted octanol–water partition coefficient (Wildman–Crippen LogP) is 1.19. The van der Waals surface area contributed by atoms with Crippen LogP contribution in [0.4, 0.5) is 0 Å². The summed E-state index contributed by atoms with van der Waals surface area (Å²) in [6.45, 7) is 1.18. The number of carboxylic acids is 2. The molecule has 0 aliphatic carbocycles. The smallest absolute Gasteiger partial charge is 0.303 e. The molecule has 8 nitrogen and oxygen atoms in total. The standard InChI is InChI=1S/C16H28N2O6/c1-17(13(19)7-9-15(21)22)11-5-3-4-6-12-18(2)14(20)8-10-16(23)24/h3-12H2,1-2H3,(H,21,22)(H,23,24). The zero-order valence-electron chi connectivity index (χ0n) is 14.5. The van der Waals surface area contributed by atoms with Crippen molar-refractivity contribution in [1.29, 1.82) is 0 Å².